The van der Waals surface area contributed by atoms with E-state index < -0.39 is 10.8 Å². The Balaban J connectivity index is 1.43. The standard InChI is InChI=1S/C21H28N2O2S/c1-18-8-10-19(11-9-18)26(24)17-5-12-22-13-15-23(16-14-22)20-6-3-4-7-21(20)25-2/h3-4,6-11H,5,12-17H2,1-2H3. The van der Waals surface area contributed by atoms with Gasteiger partial charge in [0.1, 0.15) is 5.75 Å². The van der Waals surface area contributed by atoms with Gasteiger partial charge in [0.05, 0.1) is 23.6 Å². The summed E-state index contributed by atoms with van der Waals surface area (Å²) in [5.74, 6) is 1.67. The molecule has 4 nitrogen and oxygen atoms in total. The average molecular weight is 373 g/mol. The summed E-state index contributed by atoms with van der Waals surface area (Å²) in [4.78, 5) is 5.80. The molecule has 2 aromatic rings. The molecule has 0 amide bonds. The van der Waals surface area contributed by atoms with Crippen LogP contribution in [-0.4, -0.2) is 54.7 Å². The molecule has 1 atom stereocenters. The number of piperazine rings is 1. The van der Waals surface area contributed by atoms with Gasteiger partial charge in [-0.15, -0.1) is 0 Å². The number of benzene rings is 2. The second-order valence-corrected chi connectivity index (χ2v) is 8.29. The SMILES string of the molecule is COc1ccccc1N1CCN(CCCS(=O)c2ccc(C)cc2)CC1. The lowest BCUT2D eigenvalue weighted by molar-refractivity contribution is 0.258. The smallest absolute Gasteiger partial charge is 0.142 e. The van der Waals surface area contributed by atoms with E-state index in [1.807, 2.05) is 36.4 Å². The number of hydrogen-bond acceptors (Lipinski definition) is 4. The number of aryl methyl sites for hydroxylation is 1. The van der Waals surface area contributed by atoms with Crippen molar-refractivity contribution in [1.29, 1.82) is 0 Å². The van der Waals surface area contributed by atoms with Gasteiger partial charge in [-0.25, -0.2) is 0 Å². The van der Waals surface area contributed by atoms with Crippen LogP contribution in [0.15, 0.2) is 53.4 Å². The topological polar surface area (TPSA) is 32.8 Å². The van der Waals surface area contributed by atoms with E-state index in [9.17, 15) is 4.21 Å². The molecule has 2 aromatic carbocycles. The highest BCUT2D eigenvalue weighted by atomic mass is 32.2. The molecular weight excluding hydrogens is 344 g/mol. The molecule has 0 radical (unpaired) electrons. The summed E-state index contributed by atoms with van der Waals surface area (Å²) in [6, 6.07) is 16.2. The molecule has 0 aromatic heterocycles. The summed E-state index contributed by atoms with van der Waals surface area (Å²) >= 11 is 0. The first kappa shape index (κ1) is 18.9. The van der Waals surface area contributed by atoms with E-state index in [1.54, 1.807) is 7.11 Å². The lowest BCUT2D eigenvalue weighted by Gasteiger charge is -2.36. The Bertz CT molecular complexity index is 725. The molecule has 0 bridgehead atoms. The maximum absolute atomic E-state index is 12.4. The van der Waals surface area contributed by atoms with Crippen LogP contribution < -0.4 is 9.64 Å². The van der Waals surface area contributed by atoms with E-state index in [-0.39, 0.29) is 0 Å². The molecule has 1 fully saturated rings. The number of nitrogens with zero attached hydrogens (tertiary/aromatic N) is 2. The number of methoxy groups -OCH3 is 1. The maximum atomic E-state index is 12.4. The van der Waals surface area contributed by atoms with Crippen LogP contribution in [0.3, 0.4) is 0 Å². The van der Waals surface area contributed by atoms with Gasteiger partial charge in [-0.3, -0.25) is 9.11 Å². The quantitative estimate of drug-likeness (QED) is 0.746. The van der Waals surface area contributed by atoms with Crippen molar-refractivity contribution in [2.24, 2.45) is 0 Å². The first-order valence-electron chi connectivity index (χ1n) is 9.23. The van der Waals surface area contributed by atoms with Crippen molar-refractivity contribution >= 4 is 16.5 Å². The van der Waals surface area contributed by atoms with Crippen molar-refractivity contribution in [2.45, 2.75) is 18.2 Å². The Morgan fingerprint density at radius 1 is 1.00 bits per heavy atom. The number of hydrogen-bond donors (Lipinski definition) is 0. The van der Waals surface area contributed by atoms with Gasteiger partial charge in [0.25, 0.3) is 0 Å². The third-order valence-corrected chi connectivity index (χ3v) is 6.34. The second-order valence-electron chi connectivity index (χ2n) is 6.72. The minimum atomic E-state index is -0.891. The first-order valence-corrected chi connectivity index (χ1v) is 10.5. The van der Waals surface area contributed by atoms with Crippen LogP contribution >= 0.6 is 0 Å². The minimum Gasteiger partial charge on any atom is -0.495 e. The molecule has 5 heteroatoms. The Hall–Kier alpha value is -1.85. The summed E-state index contributed by atoms with van der Waals surface area (Å²) in [6.07, 6.45) is 0.967. The van der Waals surface area contributed by atoms with Gasteiger partial charge in [0, 0.05) is 36.8 Å². The summed E-state index contributed by atoms with van der Waals surface area (Å²) in [7, 11) is 0.835. The molecule has 1 saturated heterocycles. The van der Waals surface area contributed by atoms with Gasteiger partial charge in [-0.2, -0.15) is 0 Å². The van der Waals surface area contributed by atoms with Crippen LogP contribution in [0, 0.1) is 6.92 Å². The van der Waals surface area contributed by atoms with E-state index in [2.05, 4.69) is 28.9 Å². The van der Waals surface area contributed by atoms with Crippen LogP contribution in [0.1, 0.15) is 12.0 Å². The van der Waals surface area contributed by atoms with Crippen LogP contribution in [0.2, 0.25) is 0 Å². The highest BCUT2D eigenvalue weighted by Crippen LogP contribution is 2.28. The summed E-state index contributed by atoms with van der Waals surface area (Å²) in [6.45, 7) is 7.14. The molecule has 1 heterocycles. The molecule has 26 heavy (non-hydrogen) atoms. The lowest BCUT2D eigenvalue weighted by atomic mass is 10.2. The fourth-order valence-electron chi connectivity index (χ4n) is 3.33. The molecule has 1 unspecified atom stereocenters. The molecule has 0 saturated carbocycles. The number of ether oxygens (including phenoxy) is 1. The molecule has 0 aliphatic carbocycles. The van der Waals surface area contributed by atoms with Crippen LogP contribution in [0.25, 0.3) is 0 Å². The molecule has 0 N–H and O–H groups in total. The van der Waals surface area contributed by atoms with Gasteiger partial charge in [0.15, 0.2) is 0 Å². The lowest BCUT2D eigenvalue weighted by Crippen LogP contribution is -2.46. The highest BCUT2D eigenvalue weighted by molar-refractivity contribution is 7.85. The zero-order valence-corrected chi connectivity index (χ0v) is 16.5. The van der Waals surface area contributed by atoms with Gasteiger partial charge in [-0.05, 0) is 44.2 Å². The number of para-hydroxylation sites is 2. The van der Waals surface area contributed by atoms with Crippen molar-refractivity contribution in [3.05, 3.63) is 54.1 Å². The van der Waals surface area contributed by atoms with Crippen LogP contribution in [0.5, 0.6) is 5.75 Å². The summed E-state index contributed by atoms with van der Waals surface area (Å²) in [5, 5.41) is 0. The third-order valence-electron chi connectivity index (χ3n) is 4.89. The monoisotopic (exact) mass is 372 g/mol. The van der Waals surface area contributed by atoms with Crippen LogP contribution in [-0.2, 0) is 10.8 Å². The largest absolute Gasteiger partial charge is 0.495 e. The maximum Gasteiger partial charge on any atom is 0.142 e. The Labute approximate surface area is 159 Å². The molecule has 0 spiro atoms. The van der Waals surface area contributed by atoms with Crippen molar-refractivity contribution in [2.75, 3.05) is 50.5 Å². The Morgan fingerprint density at radius 2 is 1.69 bits per heavy atom. The zero-order chi connectivity index (χ0) is 18.4. The number of anilines is 1. The Morgan fingerprint density at radius 3 is 2.38 bits per heavy atom. The zero-order valence-electron chi connectivity index (χ0n) is 15.7. The number of rotatable bonds is 7. The van der Waals surface area contributed by atoms with Gasteiger partial charge < -0.3 is 9.64 Å². The minimum absolute atomic E-state index is 0.732. The van der Waals surface area contributed by atoms with Gasteiger partial charge >= 0.3 is 0 Å². The van der Waals surface area contributed by atoms with E-state index in [1.165, 1.54) is 11.3 Å². The van der Waals surface area contributed by atoms with Crippen LogP contribution in [0.4, 0.5) is 5.69 Å². The predicted octanol–water partition coefficient (Wildman–Crippen LogP) is 3.32. The Kier molecular flexibility index (Phi) is 6.69. The summed E-state index contributed by atoms with van der Waals surface area (Å²) < 4.78 is 17.9. The van der Waals surface area contributed by atoms with E-state index in [0.717, 1.165) is 55.5 Å². The van der Waals surface area contributed by atoms with E-state index in [4.69, 9.17) is 4.74 Å². The van der Waals surface area contributed by atoms with Crippen molar-refractivity contribution < 1.29 is 8.95 Å². The third kappa shape index (κ3) is 4.86. The van der Waals surface area contributed by atoms with Gasteiger partial charge in [0.2, 0.25) is 0 Å². The highest BCUT2D eigenvalue weighted by Gasteiger charge is 2.19. The molecule has 1 aliphatic rings. The predicted molar refractivity (Wildman–Crippen MR) is 109 cm³/mol. The van der Waals surface area contributed by atoms with E-state index >= 15 is 0 Å². The normalized spacial score (nSPS) is 16.5. The molecule has 140 valence electrons. The molecular formula is C21H28N2O2S. The fraction of sp³-hybridized carbons (Fsp3) is 0.429. The van der Waals surface area contributed by atoms with Crippen molar-refractivity contribution in [1.82, 2.24) is 4.90 Å². The van der Waals surface area contributed by atoms with Crippen molar-refractivity contribution in [3.63, 3.8) is 0 Å². The van der Waals surface area contributed by atoms with E-state index in [0.29, 0.717) is 0 Å². The van der Waals surface area contributed by atoms with Gasteiger partial charge in [-0.1, -0.05) is 29.8 Å². The first-order chi connectivity index (χ1) is 12.7. The average Bonchev–Trinajstić information content (AvgIpc) is 2.69. The molecule has 3 rings (SSSR count). The second kappa shape index (κ2) is 9.19. The fourth-order valence-corrected chi connectivity index (χ4v) is 4.40. The van der Waals surface area contributed by atoms with Crippen molar-refractivity contribution in [3.8, 4) is 5.75 Å². The summed E-state index contributed by atoms with van der Waals surface area (Å²) in [5.41, 5.74) is 2.38. The molecule has 1 aliphatic heterocycles.